The quantitative estimate of drug-likeness (QED) is 0.679. The van der Waals surface area contributed by atoms with Gasteiger partial charge in [0.1, 0.15) is 0 Å². The van der Waals surface area contributed by atoms with E-state index in [2.05, 4.69) is 5.32 Å². The molecule has 0 bridgehead atoms. The summed E-state index contributed by atoms with van der Waals surface area (Å²) in [5.74, 6) is -0.145. The summed E-state index contributed by atoms with van der Waals surface area (Å²) in [5.41, 5.74) is 2.89. The summed E-state index contributed by atoms with van der Waals surface area (Å²) >= 11 is 0. The summed E-state index contributed by atoms with van der Waals surface area (Å²) < 4.78 is 3.27. The number of aryl methyl sites for hydroxylation is 1. The molecule has 1 aromatic carbocycles. The molecule has 1 N–H and O–H groups in total. The molecule has 126 valence electrons. The summed E-state index contributed by atoms with van der Waals surface area (Å²) in [6.07, 6.45) is 8.01. The molecule has 0 spiro atoms. The third-order valence-corrected chi connectivity index (χ3v) is 3.86. The van der Waals surface area contributed by atoms with E-state index in [1.807, 2.05) is 50.3 Å². The van der Waals surface area contributed by atoms with Gasteiger partial charge in [-0.3, -0.25) is 13.9 Å². The minimum atomic E-state index is -0.145. The number of para-hydroxylation sites is 2. The molecule has 0 saturated heterocycles. The van der Waals surface area contributed by atoms with E-state index in [-0.39, 0.29) is 11.6 Å². The first-order valence-electron chi connectivity index (χ1n) is 7.98. The number of carbonyl (C=O) groups is 1. The zero-order chi connectivity index (χ0) is 17.7. The zero-order valence-corrected chi connectivity index (χ0v) is 14.5. The number of nitrogens with one attached hydrogen (secondary N) is 1. The van der Waals surface area contributed by atoms with E-state index in [4.69, 9.17) is 0 Å². The summed E-state index contributed by atoms with van der Waals surface area (Å²) in [7, 11) is 3.36. The van der Waals surface area contributed by atoms with Gasteiger partial charge >= 0.3 is 5.69 Å². The van der Waals surface area contributed by atoms with Gasteiger partial charge in [-0.05, 0) is 37.6 Å². The Morgan fingerprint density at radius 1 is 1.21 bits per heavy atom. The molecule has 0 fully saturated rings. The van der Waals surface area contributed by atoms with Crippen LogP contribution in [0.2, 0.25) is 0 Å². The van der Waals surface area contributed by atoms with Crippen molar-refractivity contribution in [1.29, 1.82) is 0 Å². The van der Waals surface area contributed by atoms with E-state index in [0.717, 1.165) is 23.2 Å². The predicted octanol–water partition coefficient (Wildman–Crippen LogP) is 2.84. The lowest BCUT2D eigenvalue weighted by molar-refractivity contribution is -0.116. The standard InChI is InChI=1S/C19H23N3O2/c1-5-9-14(18(23)20-3)12-13-15(6-2)22-17-11-8-7-10-16(17)21(4)19(22)24/h6-13H,5H2,1-4H3,(H,20,23)/b13-12-,14-9+,15-6+. The van der Waals surface area contributed by atoms with Crippen molar-refractivity contribution in [3.8, 4) is 0 Å². The number of aromatic nitrogens is 2. The van der Waals surface area contributed by atoms with Crippen LogP contribution in [-0.2, 0) is 11.8 Å². The SMILES string of the molecule is C\C=C(/C=C\C(=C/CC)C(=O)NC)n1c(=O)n(C)c2ccccc21. The second-order valence-corrected chi connectivity index (χ2v) is 5.36. The highest BCUT2D eigenvalue weighted by Gasteiger charge is 2.12. The minimum Gasteiger partial charge on any atom is -0.355 e. The van der Waals surface area contributed by atoms with Crippen LogP contribution < -0.4 is 11.0 Å². The molecule has 0 aliphatic rings. The maximum atomic E-state index is 12.6. The number of carbonyl (C=O) groups excluding carboxylic acids is 1. The molecule has 1 aromatic heterocycles. The Hall–Kier alpha value is -2.82. The molecule has 0 aliphatic carbocycles. The molecule has 1 heterocycles. The van der Waals surface area contributed by atoms with Gasteiger partial charge in [-0.1, -0.05) is 31.2 Å². The molecule has 2 rings (SSSR count). The van der Waals surface area contributed by atoms with Crippen molar-refractivity contribution in [2.75, 3.05) is 7.05 Å². The van der Waals surface area contributed by atoms with Crippen molar-refractivity contribution in [1.82, 2.24) is 14.5 Å². The van der Waals surface area contributed by atoms with E-state index in [0.29, 0.717) is 5.57 Å². The largest absolute Gasteiger partial charge is 0.355 e. The molecule has 5 nitrogen and oxygen atoms in total. The molecule has 24 heavy (non-hydrogen) atoms. The molecule has 0 aliphatic heterocycles. The van der Waals surface area contributed by atoms with Crippen molar-refractivity contribution >= 4 is 22.6 Å². The average molecular weight is 325 g/mol. The Labute approximate surface area is 141 Å². The highest BCUT2D eigenvalue weighted by Crippen LogP contribution is 2.17. The fourth-order valence-electron chi connectivity index (χ4n) is 2.62. The second kappa shape index (κ2) is 7.64. The highest BCUT2D eigenvalue weighted by atomic mass is 16.2. The molecule has 0 atom stereocenters. The van der Waals surface area contributed by atoms with E-state index in [1.54, 1.807) is 35.4 Å². The number of hydrogen-bond acceptors (Lipinski definition) is 2. The van der Waals surface area contributed by atoms with Crippen LogP contribution in [0.4, 0.5) is 0 Å². The number of benzene rings is 1. The maximum absolute atomic E-state index is 12.6. The smallest absolute Gasteiger partial charge is 0.333 e. The van der Waals surface area contributed by atoms with Crippen molar-refractivity contribution < 1.29 is 4.79 Å². The molecule has 5 heteroatoms. The third kappa shape index (κ3) is 3.25. The normalized spacial score (nSPS) is 13.0. The van der Waals surface area contributed by atoms with Gasteiger partial charge < -0.3 is 5.32 Å². The summed E-state index contributed by atoms with van der Waals surface area (Å²) in [4.78, 5) is 24.5. The topological polar surface area (TPSA) is 56.0 Å². The van der Waals surface area contributed by atoms with Gasteiger partial charge in [0.25, 0.3) is 5.91 Å². The zero-order valence-electron chi connectivity index (χ0n) is 14.5. The summed E-state index contributed by atoms with van der Waals surface area (Å²) in [6.45, 7) is 3.85. The molecule has 0 saturated carbocycles. The fourth-order valence-corrected chi connectivity index (χ4v) is 2.62. The van der Waals surface area contributed by atoms with E-state index >= 15 is 0 Å². The second-order valence-electron chi connectivity index (χ2n) is 5.36. The van der Waals surface area contributed by atoms with Gasteiger partial charge in [0.05, 0.1) is 11.0 Å². The van der Waals surface area contributed by atoms with Crippen LogP contribution >= 0.6 is 0 Å². The Morgan fingerprint density at radius 2 is 1.88 bits per heavy atom. The monoisotopic (exact) mass is 325 g/mol. The Morgan fingerprint density at radius 3 is 2.46 bits per heavy atom. The fraction of sp³-hybridized carbons (Fsp3) is 0.263. The first kappa shape index (κ1) is 17.5. The van der Waals surface area contributed by atoms with E-state index < -0.39 is 0 Å². The number of rotatable bonds is 5. The first-order chi connectivity index (χ1) is 11.5. The molecule has 2 aromatic rings. The van der Waals surface area contributed by atoms with Crippen molar-refractivity contribution in [2.24, 2.45) is 7.05 Å². The van der Waals surface area contributed by atoms with Crippen LogP contribution in [0.25, 0.3) is 16.7 Å². The van der Waals surface area contributed by atoms with Crippen LogP contribution in [0, 0.1) is 0 Å². The van der Waals surface area contributed by atoms with Crippen molar-refractivity contribution in [3.63, 3.8) is 0 Å². The third-order valence-electron chi connectivity index (χ3n) is 3.86. The first-order valence-corrected chi connectivity index (χ1v) is 7.98. The van der Waals surface area contributed by atoms with Gasteiger partial charge in [0.15, 0.2) is 0 Å². The van der Waals surface area contributed by atoms with Gasteiger partial charge in [0, 0.05) is 25.4 Å². The number of likely N-dealkylation sites (N-methyl/N-ethyl adjacent to an activating group) is 1. The van der Waals surface area contributed by atoms with Crippen LogP contribution in [0.1, 0.15) is 20.3 Å². The van der Waals surface area contributed by atoms with Crippen LogP contribution in [0.15, 0.2) is 58.9 Å². The van der Waals surface area contributed by atoms with Gasteiger partial charge in [0.2, 0.25) is 0 Å². The van der Waals surface area contributed by atoms with Crippen LogP contribution in [0.3, 0.4) is 0 Å². The Bertz CT molecular complexity index is 895. The Kier molecular flexibility index (Phi) is 5.58. The van der Waals surface area contributed by atoms with Gasteiger partial charge in [-0.15, -0.1) is 0 Å². The van der Waals surface area contributed by atoms with Crippen molar-refractivity contribution in [2.45, 2.75) is 20.3 Å². The lowest BCUT2D eigenvalue weighted by Crippen LogP contribution is -2.21. The minimum absolute atomic E-state index is 0.116. The highest BCUT2D eigenvalue weighted by molar-refractivity contribution is 5.96. The van der Waals surface area contributed by atoms with Gasteiger partial charge in [-0.2, -0.15) is 0 Å². The molecule has 0 unspecified atom stereocenters. The lowest BCUT2D eigenvalue weighted by Gasteiger charge is -2.05. The van der Waals surface area contributed by atoms with E-state index in [1.165, 1.54) is 0 Å². The summed E-state index contributed by atoms with van der Waals surface area (Å²) in [5, 5.41) is 2.63. The van der Waals surface area contributed by atoms with E-state index in [9.17, 15) is 9.59 Å². The number of hydrogen-bond donors (Lipinski definition) is 1. The number of allylic oxidation sites excluding steroid dienone is 4. The number of nitrogens with zero attached hydrogens (tertiary/aromatic N) is 2. The predicted molar refractivity (Wildman–Crippen MR) is 98.7 cm³/mol. The number of amides is 1. The molecule has 0 radical (unpaired) electrons. The van der Waals surface area contributed by atoms with Gasteiger partial charge in [-0.25, -0.2) is 4.79 Å². The van der Waals surface area contributed by atoms with Crippen molar-refractivity contribution in [3.05, 3.63) is 64.6 Å². The van der Waals surface area contributed by atoms with Crippen LogP contribution in [0.5, 0.6) is 0 Å². The number of fused-ring (bicyclic) bond motifs is 1. The molecular formula is C19H23N3O2. The molecule has 1 amide bonds. The lowest BCUT2D eigenvalue weighted by atomic mass is 10.1. The number of imidazole rings is 1. The molecular weight excluding hydrogens is 302 g/mol. The summed E-state index contributed by atoms with van der Waals surface area (Å²) in [6, 6.07) is 7.64. The Balaban J connectivity index is 2.53. The van der Waals surface area contributed by atoms with Crippen LogP contribution in [-0.4, -0.2) is 22.1 Å². The average Bonchev–Trinajstić information content (AvgIpc) is 2.86. The maximum Gasteiger partial charge on any atom is 0.333 e.